The highest BCUT2D eigenvalue weighted by molar-refractivity contribution is 8.00. The molecule has 0 aromatic heterocycles. The number of hydrogen-bond acceptors (Lipinski definition) is 3. The number of likely N-dealkylation sites (tertiary alicyclic amines) is 1. The third kappa shape index (κ3) is 2.86. The molecule has 120 valence electrons. The first-order valence-corrected chi connectivity index (χ1v) is 9.29. The second-order valence-electron chi connectivity index (χ2n) is 6.66. The lowest BCUT2D eigenvalue weighted by atomic mass is 9.89. The molecule has 2 aliphatic rings. The molecule has 0 amide bonds. The molecule has 0 spiro atoms. The number of anilines is 1. The summed E-state index contributed by atoms with van der Waals surface area (Å²) >= 11 is 7.88. The number of piperidine rings is 1. The van der Waals surface area contributed by atoms with E-state index in [4.69, 9.17) is 11.6 Å². The number of rotatable bonds is 2. The fourth-order valence-corrected chi connectivity index (χ4v) is 5.03. The van der Waals surface area contributed by atoms with Gasteiger partial charge in [-0.3, -0.25) is 0 Å². The molecule has 2 aliphatic heterocycles. The van der Waals surface area contributed by atoms with E-state index in [9.17, 15) is 0 Å². The van der Waals surface area contributed by atoms with Crippen molar-refractivity contribution in [2.75, 3.05) is 24.4 Å². The lowest BCUT2D eigenvalue weighted by Crippen LogP contribution is -2.42. The summed E-state index contributed by atoms with van der Waals surface area (Å²) in [6.07, 6.45) is 1.22. The van der Waals surface area contributed by atoms with Gasteiger partial charge >= 0.3 is 0 Å². The number of aryl methyl sites for hydroxylation is 1. The molecule has 2 nitrogen and oxygen atoms in total. The van der Waals surface area contributed by atoms with Crippen LogP contribution in [0.2, 0.25) is 5.02 Å². The SMILES string of the molecule is Cc1ccc2c(c1)[C@@H]1CN(C)CC[C@@H]1N2Sc1ccc(Cl)cc1. The van der Waals surface area contributed by atoms with Gasteiger partial charge in [0, 0.05) is 22.4 Å². The van der Waals surface area contributed by atoms with Crippen LogP contribution in [0, 0.1) is 6.92 Å². The quantitative estimate of drug-likeness (QED) is 0.711. The molecule has 0 radical (unpaired) electrons. The van der Waals surface area contributed by atoms with Crippen molar-refractivity contribution in [2.45, 2.75) is 30.2 Å². The zero-order valence-corrected chi connectivity index (χ0v) is 15.1. The molecule has 2 aromatic rings. The number of likely N-dealkylation sites (N-methyl/N-ethyl adjacent to an activating group) is 1. The smallest absolute Gasteiger partial charge is 0.0513 e. The summed E-state index contributed by atoms with van der Waals surface area (Å²) in [5.41, 5.74) is 4.26. The lowest BCUT2D eigenvalue weighted by molar-refractivity contribution is 0.238. The van der Waals surface area contributed by atoms with E-state index in [1.165, 1.54) is 34.7 Å². The minimum atomic E-state index is 0.587. The van der Waals surface area contributed by atoms with Crippen molar-refractivity contribution in [3.05, 3.63) is 58.6 Å². The molecule has 2 heterocycles. The first-order valence-electron chi connectivity index (χ1n) is 8.14. The van der Waals surface area contributed by atoms with Crippen molar-refractivity contribution in [1.82, 2.24) is 4.90 Å². The Kier molecular flexibility index (Phi) is 4.04. The van der Waals surface area contributed by atoms with E-state index in [0.29, 0.717) is 12.0 Å². The Morgan fingerprint density at radius 3 is 2.70 bits per heavy atom. The van der Waals surface area contributed by atoms with E-state index in [2.05, 4.69) is 53.5 Å². The number of fused-ring (bicyclic) bond motifs is 3. The minimum Gasteiger partial charge on any atom is -0.308 e. The summed E-state index contributed by atoms with van der Waals surface area (Å²) in [7, 11) is 2.24. The van der Waals surface area contributed by atoms with Crippen molar-refractivity contribution < 1.29 is 0 Å². The van der Waals surface area contributed by atoms with Crippen molar-refractivity contribution in [2.24, 2.45) is 0 Å². The number of hydrogen-bond donors (Lipinski definition) is 0. The van der Waals surface area contributed by atoms with Gasteiger partial charge < -0.3 is 9.21 Å². The average molecular weight is 345 g/mol. The third-order valence-electron chi connectivity index (χ3n) is 4.92. The van der Waals surface area contributed by atoms with Crippen LogP contribution in [-0.2, 0) is 0 Å². The fraction of sp³-hybridized carbons (Fsp3) is 0.368. The molecule has 23 heavy (non-hydrogen) atoms. The molecular weight excluding hydrogens is 324 g/mol. The molecule has 0 aliphatic carbocycles. The van der Waals surface area contributed by atoms with Gasteiger partial charge in [-0.25, -0.2) is 0 Å². The Balaban J connectivity index is 1.70. The third-order valence-corrected chi connectivity index (χ3v) is 6.32. The van der Waals surface area contributed by atoms with Crippen molar-refractivity contribution in [3.8, 4) is 0 Å². The normalized spacial score (nSPS) is 23.7. The van der Waals surface area contributed by atoms with Gasteiger partial charge in [-0.2, -0.15) is 0 Å². The van der Waals surface area contributed by atoms with Crippen LogP contribution < -0.4 is 4.31 Å². The average Bonchev–Trinajstić information content (AvgIpc) is 2.82. The van der Waals surface area contributed by atoms with Gasteiger partial charge in [-0.1, -0.05) is 29.3 Å². The van der Waals surface area contributed by atoms with Crippen LogP contribution in [0.4, 0.5) is 5.69 Å². The molecule has 4 rings (SSSR count). The molecule has 2 aromatic carbocycles. The van der Waals surface area contributed by atoms with E-state index < -0.39 is 0 Å². The van der Waals surface area contributed by atoms with Crippen LogP contribution in [0.3, 0.4) is 0 Å². The van der Waals surface area contributed by atoms with E-state index >= 15 is 0 Å². The van der Waals surface area contributed by atoms with E-state index in [-0.39, 0.29) is 0 Å². The van der Waals surface area contributed by atoms with Gasteiger partial charge in [0.05, 0.1) is 11.7 Å². The first-order chi connectivity index (χ1) is 11.1. The maximum absolute atomic E-state index is 6.03. The summed E-state index contributed by atoms with van der Waals surface area (Å²) in [4.78, 5) is 3.71. The summed E-state index contributed by atoms with van der Waals surface area (Å²) in [6.45, 7) is 4.52. The van der Waals surface area contributed by atoms with Crippen LogP contribution in [-0.4, -0.2) is 31.1 Å². The van der Waals surface area contributed by atoms with Gasteiger partial charge in [0.1, 0.15) is 0 Å². The molecular formula is C19H21ClN2S. The van der Waals surface area contributed by atoms with Gasteiger partial charge in [0.15, 0.2) is 0 Å². The molecule has 1 fully saturated rings. The highest BCUT2D eigenvalue weighted by Gasteiger charge is 2.41. The maximum atomic E-state index is 6.03. The maximum Gasteiger partial charge on any atom is 0.0513 e. The van der Waals surface area contributed by atoms with Crippen molar-refractivity contribution in [1.29, 1.82) is 0 Å². The highest BCUT2D eigenvalue weighted by atomic mass is 35.5. The summed E-state index contributed by atoms with van der Waals surface area (Å²) in [6, 6.07) is 15.7. The lowest BCUT2D eigenvalue weighted by Gasteiger charge is -2.36. The molecule has 1 saturated heterocycles. The zero-order valence-electron chi connectivity index (χ0n) is 13.5. The second kappa shape index (κ2) is 6.04. The summed E-state index contributed by atoms with van der Waals surface area (Å²) in [5.74, 6) is 0.614. The molecule has 0 bridgehead atoms. The highest BCUT2D eigenvalue weighted by Crippen LogP contribution is 2.49. The standard InChI is InChI=1S/C19H21ClN2S/c1-13-3-8-18-16(11-13)17-12-21(2)10-9-19(17)22(18)23-15-6-4-14(20)5-7-15/h3-8,11,17,19H,9-10,12H2,1-2H3/t17-,19-/m0/s1. The van der Waals surface area contributed by atoms with Crippen molar-refractivity contribution >= 4 is 29.2 Å². The topological polar surface area (TPSA) is 6.48 Å². The van der Waals surface area contributed by atoms with E-state index in [1.54, 1.807) is 0 Å². The van der Waals surface area contributed by atoms with Crippen LogP contribution in [0.1, 0.15) is 23.5 Å². The number of benzene rings is 2. The Morgan fingerprint density at radius 1 is 1.13 bits per heavy atom. The van der Waals surface area contributed by atoms with E-state index in [1.807, 2.05) is 24.1 Å². The fourth-order valence-electron chi connectivity index (χ4n) is 3.77. The minimum absolute atomic E-state index is 0.587. The second-order valence-corrected chi connectivity index (χ2v) is 8.14. The predicted octanol–water partition coefficient (Wildman–Crippen LogP) is 4.96. The van der Waals surface area contributed by atoms with Crippen LogP contribution in [0.5, 0.6) is 0 Å². The molecule has 0 N–H and O–H groups in total. The van der Waals surface area contributed by atoms with Crippen LogP contribution in [0.25, 0.3) is 0 Å². The molecule has 0 unspecified atom stereocenters. The van der Waals surface area contributed by atoms with Gasteiger partial charge in [0.2, 0.25) is 0 Å². The number of nitrogens with zero attached hydrogens (tertiary/aromatic N) is 2. The Morgan fingerprint density at radius 2 is 1.91 bits per heavy atom. The van der Waals surface area contributed by atoms with Crippen LogP contribution in [0.15, 0.2) is 47.4 Å². The van der Waals surface area contributed by atoms with Gasteiger partial charge in [-0.05, 0) is 74.8 Å². The van der Waals surface area contributed by atoms with E-state index in [0.717, 1.165) is 11.6 Å². The largest absolute Gasteiger partial charge is 0.308 e. The monoisotopic (exact) mass is 344 g/mol. The van der Waals surface area contributed by atoms with Gasteiger partial charge in [-0.15, -0.1) is 0 Å². The molecule has 4 heteroatoms. The Bertz CT molecular complexity index is 716. The van der Waals surface area contributed by atoms with Gasteiger partial charge in [0.25, 0.3) is 0 Å². The molecule has 0 saturated carbocycles. The summed E-state index contributed by atoms with van der Waals surface area (Å²) in [5, 5.41) is 0.795. The Labute approximate surface area is 147 Å². The Hall–Kier alpha value is -1.16. The zero-order chi connectivity index (χ0) is 16.0. The number of halogens is 1. The predicted molar refractivity (Wildman–Crippen MR) is 99.6 cm³/mol. The summed E-state index contributed by atoms with van der Waals surface area (Å²) < 4.78 is 2.54. The van der Waals surface area contributed by atoms with Crippen molar-refractivity contribution in [3.63, 3.8) is 0 Å². The molecule has 2 atom stereocenters. The van der Waals surface area contributed by atoms with Crippen LogP contribution >= 0.6 is 23.5 Å². The first kappa shape index (κ1) is 15.4.